The minimum Gasteiger partial charge on any atom is -0.339 e. The third-order valence-corrected chi connectivity index (χ3v) is 3.09. The van der Waals surface area contributed by atoms with Gasteiger partial charge in [0.05, 0.1) is 0 Å². The highest BCUT2D eigenvalue weighted by molar-refractivity contribution is 5.95. The minimum atomic E-state index is 0.0296. The maximum Gasteiger partial charge on any atom is 0.254 e. The summed E-state index contributed by atoms with van der Waals surface area (Å²) in [6, 6.07) is 3.56. The smallest absolute Gasteiger partial charge is 0.254 e. The van der Waals surface area contributed by atoms with Crippen molar-refractivity contribution in [3.05, 3.63) is 23.4 Å². The van der Waals surface area contributed by atoms with Gasteiger partial charge in [-0.3, -0.25) is 4.79 Å². The standard InChI is InChI=1S/C15H26N4O/c1-6-19(9-10(2)3)15(20)12-7-13(11(4)5)17-14(8-12)18-16/h7-8,10-11H,6,9,16H2,1-5H3,(H,17,18). The Balaban J connectivity index is 3.10. The molecule has 0 fully saturated rings. The molecule has 1 aromatic heterocycles. The minimum absolute atomic E-state index is 0.0296. The number of anilines is 1. The molecule has 5 nitrogen and oxygen atoms in total. The van der Waals surface area contributed by atoms with Gasteiger partial charge >= 0.3 is 0 Å². The van der Waals surface area contributed by atoms with Crippen LogP contribution in [0.5, 0.6) is 0 Å². The summed E-state index contributed by atoms with van der Waals surface area (Å²) >= 11 is 0. The number of rotatable bonds is 6. The Kier molecular flexibility index (Phi) is 5.95. The normalized spacial score (nSPS) is 11.0. The number of hydrazine groups is 1. The summed E-state index contributed by atoms with van der Waals surface area (Å²) in [5.41, 5.74) is 4.04. The lowest BCUT2D eigenvalue weighted by Crippen LogP contribution is -2.34. The number of nitrogens with two attached hydrogens (primary N) is 1. The molecule has 1 amide bonds. The first-order valence-corrected chi connectivity index (χ1v) is 7.16. The highest BCUT2D eigenvalue weighted by atomic mass is 16.2. The second-order valence-corrected chi connectivity index (χ2v) is 5.70. The van der Waals surface area contributed by atoms with Crippen molar-refractivity contribution in [2.45, 2.75) is 40.5 Å². The molecule has 1 aromatic rings. The van der Waals surface area contributed by atoms with E-state index in [4.69, 9.17) is 5.84 Å². The van der Waals surface area contributed by atoms with Crippen molar-refractivity contribution in [1.29, 1.82) is 0 Å². The van der Waals surface area contributed by atoms with Crippen LogP contribution in [-0.4, -0.2) is 28.9 Å². The van der Waals surface area contributed by atoms with Crippen LogP contribution in [-0.2, 0) is 0 Å². The Morgan fingerprint density at radius 3 is 2.45 bits per heavy atom. The Bertz CT molecular complexity index is 457. The lowest BCUT2D eigenvalue weighted by molar-refractivity contribution is 0.0745. The van der Waals surface area contributed by atoms with Gasteiger partial charge in [-0.05, 0) is 30.9 Å². The van der Waals surface area contributed by atoms with E-state index in [2.05, 4.69) is 24.3 Å². The summed E-state index contributed by atoms with van der Waals surface area (Å²) in [6.45, 7) is 11.7. The molecule has 0 atom stereocenters. The van der Waals surface area contributed by atoms with Gasteiger partial charge in [-0.1, -0.05) is 27.7 Å². The van der Waals surface area contributed by atoms with Gasteiger partial charge in [-0.15, -0.1) is 0 Å². The van der Waals surface area contributed by atoms with Crippen LogP contribution in [0, 0.1) is 5.92 Å². The molecule has 5 heteroatoms. The first-order chi connectivity index (χ1) is 9.38. The van der Waals surface area contributed by atoms with Crippen LogP contribution in [0.4, 0.5) is 5.82 Å². The zero-order valence-electron chi connectivity index (χ0n) is 13.1. The summed E-state index contributed by atoms with van der Waals surface area (Å²) in [6.07, 6.45) is 0. The summed E-state index contributed by atoms with van der Waals surface area (Å²) < 4.78 is 0. The molecule has 3 N–H and O–H groups in total. The third-order valence-electron chi connectivity index (χ3n) is 3.09. The number of hydrogen-bond acceptors (Lipinski definition) is 4. The first-order valence-electron chi connectivity index (χ1n) is 7.16. The predicted octanol–water partition coefficient (Wildman–Crippen LogP) is 2.61. The highest BCUT2D eigenvalue weighted by Gasteiger charge is 2.17. The Morgan fingerprint density at radius 2 is 2.00 bits per heavy atom. The van der Waals surface area contributed by atoms with E-state index in [-0.39, 0.29) is 11.8 Å². The van der Waals surface area contributed by atoms with Crippen LogP contribution < -0.4 is 11.3 Å². The molecule has 0 saturated heterocycles. The molecule has 0 radical (unpaired) electrons. The third kappa shape index (κ3) is 4.20. The summed E-state index contributed by atoms with van der Waals surface area (Å²) in [5.74, 6) is 6.68. The molecule has 112 valence electrons. The van der Waals surface area contributed by atoms with Crippen molar-refractivity contribution in [3.8, 4) is 0 Å². The largest absolute Gasteiger partial charge is 0.339 e. The number of nitrogen functional groups attached to an aromatic ring is 1. The van der Waals surface area contributed by atoms with Crippen molar-refractivity contribution < 1.29 is 4.79 Å². The lowest BCUT2D eigenvalue weighted by Gasteiger charge is -2.23. The number of hydrogen-bond donors (Lipinski definition) is 2. The fraction of sp³-hybridized carbons (Fsp3) is 0.600. The second kappa shape index (κ2) is 7.24. The average molecular weight is 278 g/mol. The molecule has 0 spiro atoms. The molecular formula is C15H26N4O. The van der Waals surface area contributed by atoms with E-state index < -0.39 is 0 Å². The van der Waals surface area contributed by atoms with Crippen LogP contribution in [0.3, 0.4) is 0 Å². The summed E-state index contributed by atoms with van der Waals surface area (Å²) in [4.78, 5) is 18.8. The van der Waals surface area contributed by atoms with Crippen molar-refractivity contribution in [2.24, 2.45) is 11.8 Å². The van der Waals surface area contributed by atoms with E-state index in [1.54, 1.807) is 6.07 Å². The van der Waals surface area contributed by atoms with Gasteiger partial charge < -0.3 is 10.3 Å². The molecule has 0 aliphatic heterocycles. The summed E-state index contributed by atoms with van der Waals surface area (Å²) in [5, 5.41) is 0. The maximum atomic E-state index is 12.6. The first kappa shape index (κ1) is 16.4. The fourth-order valence-corrected chi connectivity index (χ4v) is 2.02. The molecule has 20 heavy (non-hydrogen) atoms. The van der Waals surface area contributed by atoms with Crippen molar-refractivity contribution in [3.63, 3.8) is 0 Å². The fourth-order valence-electron chi connectivity index (χ4n) is 2.02. The van der Waals surface area contributed by atoms with Crippen LogP contribution in [0.25, 0.3) is 0 Å². The van der Waals surface area contributed by atoms with E-state index in [0.717, 1.165) is 12.2 Å². The van der Waals surface area contributed by atoms with Gasteiger partial charge in [0.2, 0.25) is 0 Å². The van der Waals surface area contributed by atoms with Crippen molar-refractivity contribution in [1.82, 2.24) is 9.88 Å². The Hall–Kier alpha value is -1.62. The zero-order valence-corrected chi connectivity index (χ0v) is 13.1. The molecule has 0 unspecified atom stereocenters. The molecule has 1 heterocycles. The number of amides is 1. The molecule has 0 bridgehead atoms. The number of aromatic nitrogens is 1. The van der Waals surface area contributed by atoms with Crippen LogP contribution >= 0.6 is 0 Å². The van der Waals surface area contributed by atoms with E-state index in [0.29, 0.717) is 23.8 Å². The second-order valence-electron chi connectivity index (χ2n) is 5.70. The number of nitrogens with one attached hydrogen (secondary N) is 1. The number of pyridine rings is 1. The summed E-state index contributed by atoms with van der Waals surface area (Å²) in [7, 11) is 0. The van der Waals surface area contributed by atoms with E-state index >= 15 is 0 Å². The van der Waals surface area contributed by atoms with E-state index in [1.165, 1.54) is 0 Å². The van der Waals surface area contributed by atoms with Gasteiger partial charge in [-0.25, -0.2) is 10.8 Å². The molecule has 0 aromatic carbocycles. The Morgan fingerprint density at radius 1 is 1.35 bits per heavy atom. The maximum absolute atomic E-state index is 12.6. The van der Waals surface area contributed by atoms with E-state index in [9.17, 15) is 4.79 Å². The van der Waals surface area contributed by atoms with E-state index in [1.807, 2.05) is 31.7 Å². The van der Waals surface area contributed by atoms with Gasteiger partial charge in [0, 0.05) is 24.3 Å². The molecular weight excluding hydrogens is 252 g/mol. The SMILES string of the molecule is CCN(CC(C)C)C(=O)c1cc(NN)nc(C(C)C)c1. The quantitative estimate of drug-likeness (QED) is 0.620. The molecule has 0 aliphatic carbocycles. The number of carbonyl (C=O) groups is 1. The van der Waals surface area contributed by atoms with Gasteiger partial charge in [-0.2, -0.15) is 0 Å². The predicted molar refractivity (Wildman–Crippen MR) is 82.6 cm³/mol. The molecule has 0 saturated carbocycles. The van der Waals surface area contributed by atoms with Crippen LogP contribution in [0.15, 0.2) is 12.1 Å². The topological polar surface area (TPSA) is 71.2 Å². The number of nitrogens with zero attached hydrogens (tertiary/aromatic N) is 2. The zero-order chi connectivity index (χ0) is 15.3. The highest BCUT2D eigenvalue weighted by Crippen LogP contribution is 2.18. The number of carbonyl (C=O) groups excluding carboxylic acids is 1. The average Bonchev–Trinajstić information content (AvgIpc) is 2.43. The van der Waals surface area contributed by atoms with Crippen LogP contribution in [0.2, 0.25) is 0 Å². The monoisotopic (exact) mass is 278 g/mol. The van der Waals surface area contributed by atoms with Crippen molar-refractivity contribution in [2.75, 3.05) is 18.5 Å². The molecule has 0 aliphatic rings. The van der Waals surface area contributed by atoms with Crippen LogP contribution in [0.1, 0.15) is 56.6 Å². The Labute approximate surface area is 121 Å². The van der Waals surface area contributed by atoms with Gasteiger partial charge in [0.1, 0.15) is 5.82 Å². The van der Waals surface area contributed by atoms with Gasteiger partial charge in [0.25, 0.3) is 5.91 Å². The van der Waals surface area contributed by atoms with Crippen molar-refractivity contribution >= 4 is 11.7 Å². The molecule has 1 rings (SSSR count). The lowest BCUT2D eigenvalue weighted by atomic mass is 10.1. The van der Waals surface area contributed by atoms with Gasteiger partial charge in [0.15, 0.2) is 0 Å².